The third-order valence-electron chi connectivity index (χ3n) is 3.89. The van der Waals surface area contributed by atoms with Crippen LogP contribution in [0.2, 0.25) is 0 Å². The first-order valence-electron chi connectivity index (χ1n) is 7.35. The SMILES string of the molecule is CCC1CNC(CC(C)C)CN1c1ccc(I)cc1. The Bertz CT molecular complexity index is 388. The first-order chi connectivity index (χ1) is 9.10. The van der Waals surface area contributed by atoms with Gasteiger partial charge in [-0.3, -0.25) is 0 Å². The highest BCUT2D eigenvalue weighted by molar-refractivity contribution is 14.1. The second-order valence-electron chi connectivity index (χ2n) is 5.93. The molecule has 0 spiro atoms. The Morgan fingerprint density at radius 2 is 2.00 bits per heavy atom. The topological polar surface area (TPSA) is 15.3 Å². The van der Waals surface area contributed by atoms with Crippen LogP contribution >= 0.6 is 22.6 Å². The van der Waals surface area contributed by atoms with Crippen LogP contribution in [0.5, 0.6) is 0 Å². The molecule has 19 heavy (non-hydrogen) atoms. The third-order valence-corrected chi connectivity index (χ3v) is 4.60. The van der Waals surface area contributed by atoms with Crippen molar-refractivity contribution in [3.8, 4) is 0 Å². The molecule has 1 saturated heterocycles. The van der Waals surface area contributed by atoms with Crippen molar-refractivity contribution in [2.75, 3.05) is 18.0 Å². The van der Waals surface area contributed by atoms with Crippen LogP contribution in [0.1, 0.15) is 33.6 Å². The van der Waals surface area contributed by atoms with E-state index in [4.69, 9.17) is 0 Å². The molecule has 1 fully saturated rings. The van der Waals surface area contributed by atoms with Gasteiger partial charge in [0.05, 0.1) is 0 Å². The lowest BCUT2D eigenvalue weighted by atomic mass is 9.98. The van der Waals surface area contributed by atoms with Gasteiger partial charge in [-0.2, -0.15) is 0 Å². The molecule has 0 bridgehead atoms. The molecule has 0 radical (unpaired) electrons. The summed E-state index contributed by atoms with van der Waals surface area (Å²) in [5.74, 6) is 0.759. The summed E-state index contributed by atoms with van der Waals surface area (Å²) in [7, 11) is 0. The van der Waals surface area contributed by atoms with Gasteiger partial charge in [0.25, 0.3) is 0 Å². The maximum atomic E-state index is 3.72. The maximum absolute atomic E-state index is 3.72. The number of hydrogen-bond acceptors (Lipinski definition) is 2. The summed E-state index contributed by atoms with van der Waals surface area (Å²) in [4.78, 5) is 2.60. The van der Waals surface area contributed by atoms with E-state index in [0.29, 0.717) is 12.1 Å². The fourth-order valence-electron chi connectivity index (χ4n) is 2.90. The summed E-state index contributed by atoms with van der Waals surface area (Å²) in [5.41, 5.74) is 1.38. The molecule has 3 heteroatoms. The minimum absolute atomic E-state index is 0.627. The number of piperazine rings is 1. The smallest absolute Gasteiger partial charge is 0.0412 e. The van der Waals surface area contributed by atoms with E-state index in [1.165, 1.54) is 22.1 Å². The van der Waals surface area contributed by atoms with Gasteiger partial charge in [0, 0.05) is 34.4 Å². The van der Waals surface area contributed by atoms with Gasteiger partial charge in [0.2, 0.25) is 0 Å². The molecule has 2 atom stereocenters. The third kappa shape index (κ3) is 4.09. The van der Waals surface area contributed by atoms with Gasteiger partial charge in [0.1, 0.15) is 0 Å². The normalized spacial score (nSPS) is 23.9. The van der Waals surface area contributed by atoms with Crippen LogP contribution in [-0.4, -0.2) is 25.2 Å². The van der Waals surface area contributed by atoms with Crippen LogP contribution in [0, 0.1) is 9.49 Å². The molecule has 0 amide bonds. The van der Waals surface area contributed by atoms with Gasteiger partial charge in [-0.05, 0) is 65.6 Å². The molecule has 0 saturated carbocycles. The molecular formula is C16H25IN2. The second kappa shape index (κ2) is 6.93. The van der Waals surface area contributed by atoms with Crippen LogP contribution in [0.3, 0.4) is 0 Å². The second-order valence-corrected chi connectivity index (χ2v) is 7.17. The van der Waals surface area contributed by atoms with Gasteiger partial charge in [-0.15, -0.1) is 0 Å². The fourth-order valence-corrected chi connectivity index (χ4v) is 3.26. The molecule has 1 aliphatic heterocycles. The summed E-state index contributed by atoms with van der Waals surface area (Å²) < 4.78 is 1.31. The van der Waals surface area contributed by atoms with Crippen molar-refractivity contribution in [3.63, 3.8) is 0 Å². The zero-order chi connectivity index (χ0) is 13.8. The molecule has 1 aromatic rings. The first-order valence-corrected chi connectivity index (χ1v) is 8.43. The van der Waals surface area contributed by atoms with Crippen molar-refractivity contribution in [2.45, 2.75) is 45.7 Å². The lowest BCUT2D eigenvalue weighted by Crippen LogP contribution is -2.56. The number of benzene rings is 1. The van der Waals surface area contributed by atoms with E-state index < -0.39 is 0 Å². The molecule has 1 N–H and O–H groups in total. The first kappa shape index (κ1) is 15.1. The predicted octanol–water partition coefficient (Wildman–Crippen LogP) is 3.89. The van der Waals surface area contributed by atoms with Crippen molar-refractivity contribution in [1.29, 1.82) is 0 Å². The molecule has 0 aliphatic carbocycles. The van der Waals surface area contributed by atoms with E-state index in [9.17, 15) is 0 Å². The van der Waals surface area contributed by atoms with Crippen LogP contribution in [-0.2, 0) is 0 Å². The highest BCUT2D eigenvalue weighted by Gasteiger charge is 2.27. The summed E-state index contributed by atoms with van der Waals surface area (Å²) in [5, 5.41) is 3.72. The highest BCUT2D eigenvalue weighted by atomic mass is 127. The van der Waals surface area contributed by atoms with Crippen molar-refractivity contribution < 1.29 is 0 Å². The predicted molar refractivity (Wildman–Crippen MR) is 91.8 cm³/mol. The molecule has 1 aromatic carbocycles. The lowest BCUT2D eigenvalue weighted by Gasteiger charge is -2.42. The summed E-state index contributed by atoms with van der Waals surface area (Å²) in [6, 6.07) is 10.2. The molecule has 1 heterocycles. The largest absolute Gasteiger partial charge is 0.366 e. The van der Waals surface area contributed by atoms with Crippen LogP contribution in [0.15, 0.2) is 24.3 Å². The van der Waals surface area contributed by atoms with Gasteiger partial charge >= 0.3 is 0 Å². The minimum atomic E-state index is 0.627. The molecule has 2 nitrogen and oxygen atoms in total. The van der Waals surface area contributed by atoms with E-state index in [0.717, 1.165) is 19.0 Å². The van der Waals surface area contributed by atoms with E-state index in [2.05, 4.69) is 77.8 Å². The number of hydrogen-bond donors (Lipinski definition) is 1. The van der Waals surface area contributed by atoms with Gasteiger partial charge in [0.15, 0.2) is 0 Å². The molecule has 0 aromatic heterocycles. The minimum Gasteiger partial charge on any atom is -0.366 e. The standard InChI is InChI=1S/C16H25IN2/c1-4-15-10-18-14(9-12(2)3)11-19(15)16-7-5-13(17)6-8-16/h5-8,12,14-15,18H,4,9-11H2,1-3H3. The molecule has 2 unspecified atom stereocenters. The number of anilines is 1. The maximum Gasteiger partial charge on any atom is 0.0412 e. The van der Waals surface area contributed by atoms with Crippen molar-refractivity contribution in [2.24, 2.45) is 5.92 Å². The summed E-state index contributed by atoms with van der Waals surface area (Å²) >= 11 is 2.37. The zero-order valence-corrected chi connectivity index (χ0v) is 14.4. The average molecular weight is 372 g/mol. The van der Waals surface area contributed by atoms with Gasteiger partial charge in [-0.1, -0.05) is 20.8 Å². The van der Waals surface area contributed by atoms with E-state index in [1.807, 2.05) is 0 Å². The number of nitrogens with one attached hydrogen (secondary N) is 1. The Morgan fingerprint density at radius 3 is 2.58 bits per heavy atom. The molecule has 1 aliphatic rings. The Labute approximate surface area is 131 Å². The van der Waals surface area contributed by atoms with Gasteiger partial charge in [-0.25, -0.2) is 0 Å². The van der Waals surface area contributed by atoms with Crippen LogP contribution in [0.4, 0.5) is 5.69 Å². The molecular weight excluding hydrogens is 347 g/mol. The Kier molecular flexibility index (Phi) is 5.51. The highest BCUT2D eigenvalue weighted by Crippen LogP contribution is 2.24. The molecule has 2 rings (SSSR count). The number of halogens is 1. The Balaban J connectivity index is 2.11. The fraction of sp³-hybridized carbons (Fsp3) is 0.625. The lowest BCUT2D eigenvalue weighted by molar-refractivity contribution is 0.343. The van der Waals surface area contributed by atoms with Crippen molar-refractivity contribution in [1.82, 2.24) is 5.32 Å². The summed E-state index contributed by atoms with van der Waals surface area (Å²) in [6.07, 6.45) is 2.46. The number of nitrogens with zero attached hydrogens (tertiary/aromatic N) is 1. The number of rotatable bonds is 4. The quantitative estimate of drug-likeness (QED) is 0.807. The van der Waals surface area contributed by atoms with Gasteiger partial charge < -0.3 is 10.2 Å². The van der Waals surface area contributed by atoms with Crippen LogP contribution < -0.4 is 10.2 Å². The Morgan fingerprint density at radius 1 is 1.32 bits per heavy atom. The van der Waals surface area contributed by atoms with Crippen molar-refractivity contribution in [3.05, 3.63) is 27.8 Å². The molecule has 106 valence electrons. The van der Waals surface area contributed by atoms with E-state index in [1.54, 1.807) is 0 Å². The van der Waals surface area contributed by atoms with E-state index in [-0.39, 0.29) is 0 Å². The zero-order valence-electron chi connectivity index (χ0n) is 12.2. The average Bonchev–Trinajstić information content (AvgIpc) is 2.39. The van der Waals surface area contributed by atoms with E-state index >= 15 is 0 Å². The monoisotopic (exact) mass is 372 g/mol. The van der Waals surface area contributed by atoms with Crippen LogP contribution in [0.25, 0.3) is 0 Å². The Hall–Kier alpha value is -0.290. The van der Waals surface area contributed by atoms with Crippen molar-refractivity contribution >= 4 is 28.3 Å². The summed E-state index contributed by atoms with van der Waals surface area (Å²) in [6.45, 7) is 9.15.